The molecule has 9 heteroatoms. The van der Waals surface area contributed by atoms with E-state index >= 15 is 0 Å². The van der Waals surface area contributed by atoms with E-state index in [9.17, 15) is 4.39 Å². The molecule has 0 amide bonds. The van der Waals surface area contributed by atoms with Gasteiger partial charge in [-0.1, -0.05) is 18.7 Å². The summed E-state index contributed by atoms with van der Waals surface area (Å²) in [4.78, 5) is 13.0. The van der Waals surface area contributed by atoms with Gasteiger partial charge < -0.3 is 15.1 Å². The van der Waals surface area contributed by atoms with Crippen LogP contribution in [0.5, 0.6) is 0 Å². The smallest absolute Gasteiger partial charge is 0.235 e. The van der Waals surface area contributed by atoms with Gasteiger partial charge in [0.25, 0.3) is 0 Å². The molecule has 1 aliphatic heterocycles. The molecule has 0 aromatic carbocycles. The molecule has 3 rings (SSSR count). The van der Waals surface area contributed by atoms with E-state index in [2.05, 4.69) is 20.2 Å². The third-order valence-corrected chi connectivity index (χ3v) is 5.05. The average Bonchev–Trinajstić information content (AvgIpc) is 2.98. The second kappa shape index (κ2) is 7.57. The van der Waals surface area contributed by atoms with E-state index in [-0.39, 0.29) is 5.17 Å². The Morgan fingerprint density at radius 3 is 2.84 bits per heavy atom. The number of aromatic nitrogens is 3. The zero-order valence-corrected chi connectivity index (χ0v) is 15.6. The highest BCUT2D eigenvalue weighted by Crippen LogP contribution is 2.27. The van der Waals surface area contributed by atoms with Crippen LogP contribution in [-0.2, 0) is 6.42 Å². The Morgan fingerprint density at radius 1 is 1.48 bits per heavy atom. The fourth-order valence-electron chi connectivity index (χ4n) is 2.97. The fourth-order valence-corrected chi connectivity index (χ4v) is 3.52. The lowest BCUT2D eigenvalue weighted by molar-refractivity contribution is 0.485. The number of hydrogen-bond donors (Lipinski definition) is 2. The number of amidine groups is 1. The summed E-state index contributed by atoms with van der Waals surface area (Å²) in [7, 11) is 1.78. The molecule has 136 valence electrons. The Balaban J connectivity index is 2.01. The van der Waals surface area contributed by atoms with Gasteiger partial charge in [0, 0.05) is 39.4 Å². The Labute approximate surface area is 151 Å². The molecule has 25 heavy (non-hydrogen) atoms. The van der Waals surface area contributed by atoms with Gasteiger partial charge in [0.05, 0.1) is 17.6 Å². The summed E-state index contributed by atoms with van der Waals surface area (Å²) in [6.45, 7) is 7.21. The van der Waals surface area contributed by atoms with Crippen molar-refractivity contribution in [2.45, 2.75) is 25.8 Å². The zero-order chi connectivity index (χ0) is 18.0. The summed E-state index contributed by atoms with van der Waals surface area (Å²) in [5.74, 6) is 1.38. The second-order valence-corrected chi connectivity index (χ2v) is 7.25. The normalized spacial score (nSPS) is 16.2. The van der Waals surface area contributed by atoms with Crippen molar-refractivity contribution in [1.82, 2.24) is 19.7 Å². The van der Waals surface area contributed by atoms with E-state index < -0.39 is 5.50 Å². The van der Waals surface area contributed by atoms with Gasteiger partial charge in [0.15, 0.2) is 5.17 Å². The molecule has 1 aliphatic rings. The Hall–Kier alpha value is -1.87. The second-order valence-electron chi connectivity index (χ2n) is 5.98. The van der Waals surface area contributed by atoms with Crippen LogP contribution in [-0.4, -0.2) is 58.3 Å². The topological polar surface area (TPSA) is 72.6 Å². The summed E-state index contributed by atoms with van der Waals surface area (Å²) in [5, 5.41) is 11.7. The lowest BCUT2D eigenvalue weighted by atomic mass is 10.3. The van der Waals surface area contributed by atoms with Crippen molar-refractivity contribution in [3.8, 4) is 0 Å². The highest BCUT2D eigenvalue weighted by Gasteiger charge is 2.21. The van der Waals surface area contributed by atoms with Crippen LogP contribution in [0.25, 0.3) is 5.78 Å². The Kier molecular flexibility index (Phi) is 5.43. The lowest BCUT2D eigenvalue weighted by Crippen LogP contribution is -2.43. The molecule has 7 nitrogen and oxygen atoms in total. The number of piperazine rings is 1. The number of alkyl halides is 1. The molecule has 1 unspecified atom stereocenters. The standard InChI is InChI=1S/C16H24FN7S/c1-4-13-14(22(3)15(18)25-11(2)17)24-10-12(9-20-16(24)21-13)23-7-5-19-6-8-23/h9-11,18-19H,4-8H2,1-3H3. The molecular weight excluding hydrogens is 341 g/mol. The zero-order valence-electron chi connectivity index (χ0n) is 14.8. The molecule has 2 N–H and O–H groups in total. The first-order chi connectivity index (χ1) is 12.0. The molecule has 1 fully saturated rings. The van der Waals surface area contributed by atoms with E-state index in [1.54, 1.807) is 11.9 Å². The first kappa shape index (κ1) is 17.9. The molecule has 0 bridgehead atoms. The highest BCUT2D eigenvalue weighted by molar-refractivity contribution is 8.14. The first-order valence-electron chi connectivity index (χ1n) is 8.47. The predicted molar refractivity (Wildman–Crippen MR) is 102 cm³/mol. The molecule has 0 spiro atoms. The fraction of sp³-hybridized carbons (Fsp3) is 0.562. The van der Waals surface area contributed by atoms with Crippen LogP contribution < -0.4 is 15.1 Å². The molecule has 2 aromatic heterocycles. The third kappa shape index (κ3) is 3.72. The number of aryl methyl sites for hydroxylation is 1. The number of imidazole rings is 1. The average molecular weight is 365 g/mol. The van der Waals surface area contributed by atoms with Crippen molar-refractivity contribution in [2.75, 3.05) is 43.0 Å². The van der Waals surface area contributed by atoms with Crippen LogP contribution in [0.4, 0.5) is 15.9 Å². The van der Waals surface area contributed by atoms with Gasteiger partial charge in [-0.25, -0.2) is 14.4 Å². The van der Waals surface area contributed by atoms with Crippen LogP contribution in [0, 0.1) is 5.41 Å². The largest absolute Gasteiger partial charge is 0.367 e. The third-order valence-electron chi connectivity index (χ3n) is 4.22. The predicted octanol–water partition coefficient (Wildman–Crippen LogP) is 2.12. The number of nitrogens with zero attached hydrogens (tertiary/aromatic N) is 5. The molecule has 3 heterocycles. The monoisotopic (exact) mass is 365 g/mol. The van der Waals surface area contributed by atoms with Gasteiger partial charge in [-0.15, -0.1) is 0 Å². The maximum absolute atomic E-state index is 13.3. The molecule has 2 aromatic rings. The lowest BCUT2D eigenvalue weighted by Gasteiger charge is -2.29. The Morgan fingerprint density at radius 2 is 2.20 bits per heavy atom. The summed E-state index contributed by atoms with van der Waals surface area (Å²) in [6.07, 6.45) is 4.58. The van der Waals surface area contributed by atoms with E-state index in [0.29, 0.717) is 5.78 Å². The molecule has 0 saturated carbocycles. The molecule has 0 aliphatic carbocycles. The number of nitrogens with one attached hydrogen (secondary N) is 2. The maximum atomic E-state index is 13.3. The van der Waals surface area contributed by atoms with Gasteiger partial charge >= 0.3 is 0 Å². The maximum Gasteiger partial charge on any atom is 0.235 e. The van der Waals surface area contributed by atoms with Gasteiger partial charge in [-0.3, -0.25) is 9.81 Å². The number of fused-ring (bicyclic) bond motifs is 1. The number of thioether (sulfide) groups is 1. The van der Waals surface area contributed by atoms with Crippen molar-refractivity contribution in [3.05, 3.63) is 18.1 Å². The number of anilines is 2. The number of rotatable bonds is 4. The van der Waals surface area contributed by atoms with Gasteiger partial charge in [-0.05, 0) is 13.3 Å². The van der Waals surface area contributed by atoms with Crippen molar-refractivity contribution >= 4 is 34.2 Å². The highest BCUT2D eigenvalue weighted by atomic mass is 32.2. The van der Waals surface area contributed by atoms with E-state index in [1.165, 1.54) is 6.92 Å². The van der Waals surface area contributed by atoms with E-state index in [0.717, 1.165) is 61.6 Å². The Bertz CT molecular complexity index is 754. The van der Waals surface area contributed by atoms with Crippen molar-refractivity contribution < 1.29 is 4.39 Å². The van der Waals surface area contributed by atoms with Crippen molar-refractivity contribution in [1.29, 1.82) is 5.41 Å². The van der Waals surface area contributed by atoms with E-state index in [1.807, 2.05) is 23.7 Å². The van der Waals surface area contributed by atoms with E-state index in [4.69, 9.17) is 5.41 Å². The van der Waals surface area contributed by atoms with Crippen LogP contribution in [0.2, 0.25) is 0 Å². The number of hydrogen-bond acceptors (Lipinski definition) is 6. The minimum Gasteiger partial charge on any atom is -0.367 e. The number of halogens is 1. The van der Waals surface area contributed by atoms with Gasteiger partial charge in [0.2, 0.25) is 5.78 Å². The van der Waals surface area contributed by atoms with Gasteiger partial charge in [-0.2, -0.15) is 0 Å². The minimum absolute atomic E-state index is 0.152. The van der Waals surface area contributed by atoms with Crippen LogP contribution in [0.15, 0.2) is 12.4 Å². The molecular formula is C16H24FN7S. The first-order valence-corrected chi connectivity index (χ1v) is 9.35. The SMILES string of the molecule is CCc1nc2ncc(N3CCNCC3)cn2c1N(C)C(=N)SC(C)F. The molecule has 1 saturated heterocycles. The van der Waals surface area contributed by atoms with Crippen molar-refractivity contribution in [2.24, 2.45) is 0 Å². The summed E-state index contributed by atoms with van der Waals surface area (Å²) in [5.41, 5.74) is 0.750. The molecule has 1 atom stereocenters. The minimum atomic E-state index is -1.13. The van der Waals surface area contributed by atoms with Crippen LogP contribution in [0.1, 0.15) is 19.5 Å². The quantitative estimate of drug-likeness (QED) is 0.639. The summed E-state index contributed by atoms with van der Waals surface area (Å²) < 4.78 is 15.2. The van der Waals surface area contributed by atoms with Crippen LogP contribution in [0.3, 0.4) is 0 Å². The van der Waals surface area contributed by atoms with Gasteiger partial charge in [0.1, 0.15) is 11.3 Å². The molecule has 0 radical (unpaired) electrons. The summed E-state index contributed by atoms with van der Waals surface area (Å²) in [6, 6.07) is 0. The summed E-state index contributed by atoms with van der Waals surface area (Å²) >= 11 is 0.883. The van der Waals surface area contributed by atoms with Crippen molar-refractivity contribution in [3.63, 3.8) is 0 Å². The van der Waals surface area contributed by atoms with Crippen LogP contribution >= 0.6 is 11.8 Å².